The molecule has 24 heavy (non-hydrogen) atoms. The molecule has 1 N–H and O–H groups in total. The van der Waals surface area contributed by atoms with Crippen molar-refractivity contribution in [2.45, 2.75) is 13.0 Å². The summed E-state index contributed by atoms with van der Waals surface area (Å²) in [6.07, 6.45) is 4.39. The van der Waals surface area contributed by atoms with Gasteiger partial charge in [-0.25, -0.2) is 0 Å². The summed E-state index contributed by atoms with van der Waals surface area (Å²) in [5, 5.41) is 4.12. The highest BCUT2D eigenvalue weighted by molar-refractivity contribution is 6.30. The van der Waals surface area contributed by atoms with Gasteiger partial charge in [-0.2, -0.15) is 0 Å². The lowest BCUT2D eigenvalue weighted by Crippen LogP contribution is -2.40. The van der Waals surface area contributed by atoms with Crippen LogP contribution in [0.25, 0.3) is 0 Å². The third-order valence-electron chi connectivity index (χ3n) is 3.63. The number of nitrogens with zero attached hydrogens (tertiary/aromatic N) is 3. The molecular weight excluding hydrogens is 328 g/mol. The van der Waals surface area contributed by atoms with E-state index in [1.54, 1.807) is 13.4 Å². The zero-order valence-corrected chi connectivity index (χ0v) is 15.2. The number of hydrogen-bond donors (Lipinski definition) is 1. The summed E-state index contributed by atoms with van der Waals surface area (Å²) < 4.78 is 12.5. The SMILES string of the molecule is COCCN=C(NCCc1ccco1)N(C)Cc1cc(Cl)cn1C. The van der Waals surface area contributed by atoms with Crippen LogP contribution in [0.2, 0.25) is 5.02 Å². The third kappa shape index (κ3) is 5.62. The van der Waals surface area contributed by atoms with Crippen molar-refractivity contribution in [3.8, 4) is 0 Å². The number of furan rings is 1. The minimum atomic E-state index is 0.590. The fourth-order valence-electron chi connectivity index (χ4n) is 2.35. The second kappa shape index (κ2) is 9.39. The first kappa shape index (κ1) is 18.4. The first-order valence-corrected chi connectivity index (χ1v) is 8.29. The molecule has 0 aliphatic carbocycles. The van der Waals surface area contributed by atoms with E-state index in [4.69, 9.17) is 20.8 Å². The Morgan fingerprint density at radius 2 is 2.33 bits per heavy atom. The van der Waals surface area contributed by atoms with Gasteiger partial charge in [0.15, 0.2) is 5.96 Å². The van der Waals surface area contributed by atoms with Crippen LogP contribution < -0.4 is 5.32 Å². The van der Waals surface area contributed by atoms with Gasteiger partial charge in [-0.3, -0.25) is 4.99 Å². The van der Waals surface area contributed by atoms with Crippen molar-refractivity contribution in [3.05, 3.63) is 47.1 Å². The fourth-order valence-corrected chi connectivity index (χ4v) is 2.62. The lowest BCUT2D eigenvalue weighted by Gasteiger charge is -2.22. The van der Waals surface area contributed by atoms with E-state index in [-0.39, 0.29) is 0 Å². The summed E-state index contributed by atoms with van der Waals surface area (Å²) in [5.74, 6) is 1.78. The van der Waals surface area contributed by atoms with Crippen LogP contribution in [0.1, 0.15) is 11.5 Å². The molecule has 0 saturated carbocycles. The van der Waals surface area contributed by atoms with Crippen LogP contribution in [-0.2, 0) is 24.8 Å². The van der Waals surface area contributed by atoms with Crippen molar-refractivity contribution in [3.63, 3.8) is 0 Å². The van der Waals surface area contributed by atoms with E-state index in [0.29, 0.717) is 19.7 Å². The Morgan fingerprint density at radius 1 is 1.50 bits per heavy atom. The van der Waals surface area contributed by atoms with Gasteiger partial charge in [0.1, 0.15) is 5.76 Å². The summed E-state index contributed by atoms with van der Waals surface area (Å²) in [7, 11) is 5.67. The van der Waals surface area contributed by atoms with Gasteiger partial charge in [0.05, 0.1) is 31.0 Å². The van der Waals surface area contributed by atoms with Crippen LogP contribution >= 0.6 is 11.6 Å². The van der Waals surface area contributed by atoms with Crippen molar-refractivity contribution in [1.82, 2.24) is 14.8 Å². The van der Waals surface area contributed by atoms with Gasteiger partial charge in [-0.1, -0.05) is 11.6 Å². The van der Waals surface area contributed by atoms with Gasteiger partial charge in [-0.05, 0) is 18.2 Å². The summed E-state index contributed by atoms with van der Waals surface area (Å²) in [6, 6.07) is 5.83. The normalized spacial score (nSPS) is 11.8. The van der Waals surface area contributed by atoms with E-state index in [1.165, 1.54) is 0 Å². The monoisotopic (exact) mass is 352 g/mol. The first-order valence-electron chi connectivity index (χ1n) is 7.91. The Kier molecular flexibility index (Phi) is 7.21. The predicted octanol–water partition coefficient (Wildman–Crippen LogP) is 2.54. The average molecular weight is 353 g/mol. The number of nitrogens with one attached hydrogen (secondary N) is 1. The highest BCUT2D eigenvalue weighted by Gasteiger charge is 2.10. The zero-order chi connectivity index (χ0) is 17.4. The van der Waals surface area contributed by atoms with Crippen molar-refractivity contribution in [2.75, 3.05) is 33.9 Å². The lowest BCUT2D eigenvalue weighted by atomic mass is 10.3. The number of hydrogen-bond acceptors (Lipinski definition) is 3. The highest BCUT2D eigenvalue weighted by atomic mass is 35.5. The van der Waals surface area contributed by atoms with Crippen molar-refractivity contribution in [1.29, 1.82) is 0 Å². The van der Waals surface area contributed by atoms with Crippen LogP contribution in [0.15, 0.2) is 40.1 Å². The van der Waals surface area contributed by atoms with Crippen LogP contribution in [0.4, 0.5) is 0 Å². The Balaban J connectivity index is 1.95. The Labute approximate surface area is 148 Å². The first-order chi connectivity index (χ1) is 11.6. The van der Waals surface area contributed by atoms with Crippen molar-refractivity contribution in [2.24, 2.45) is 12.0 Å². The van der Waals surface area contributed by atoms with Crippen LogP contribution in [0.3, 0.4) is 0 Å². The largest absolute Gasteiger partial charge is 0.469 e. The quantitative estimate of drug-likeness (QED) is 0.450. The van der Waals surface area contributed by atoms with E-state index < -0.39 is 0 Å². The topological polar surface area (TPSA) is 54.9 Å². The molecule has 2 rings (SSSR count). The molecule has 0 aliphatic rings. The second-order valence-electron chi connectivity index (χ2n) is 5.57. The van der Waals surface area contributed by atoms with Crippen LogP contribution in [-0.4, -0.2) is 49.3 Å². The molecule has 0 amide bonds. The zero-order valence-electron chi connectivity index (χ0n) is 14.5. The number of aliphatic imine (C=N–C) groups is 1. The third-order valence-corrected chi connectivity index (χ3v) is 3.83. The summed E-state index contributed by atoms with van der Waals surface area (Å²) in [6.45, 7) is 2.66. The second-order valence-corrected chi connectivity index (χ2v) is 6.01. The number of halogens is 1. The maximum absolute atomic E-state index is 6.06. The highest BCUT2D eigenvalue weighted by Crippen LogP contribution is 2.14. The average Bonchev–Trinajstić information content (AvgIpc) is 3.16. The molecule has 0 atom stereocenters. The number of guanidine groups is 1. The molecule has 0 aliphatic heterocycles. The molecule has 0 bridgehead atoms. The van der Waals surface area contributed by atoms with Gasteiger partial charge in [0.25, 0.3) is 0 Å². The van der Waals surface area contributed by atoms with Crippen molar-refractivity contribution < 1.29 is 9.15 Å². The molecule has 2 heterocycles. The molecule has 0 aromatic carbocycles. The molecule has 2 aromatic heterocycles. The van der Waals surface area contributed by atoms with Gasteiger partial charge in [-0.15, -0.1) is 0 Å². The summed E-state index contributed by atoms with van der Waals surface area (Å²) in [5.41, 5.74) is 1.12. The molecule has 7 heteroatoms. The van der Waals surface area contributed by atoms with E-state index in [2.05, 4.69) is 15.2 Å². The minimum Gasteiger partial charge on any atom is -0.469 e. The summed E-state index contributed by atoms with van der Waals surface area (Å²) >= 11 is 6.06. The van der Waals surface area contributed by atoms with E-state index in [0.717, 1.165) is 35.4 Å². The molecule has 0 radical (unpaired) electrons. The van der Waals surface area contributed by atoms with Gasteiger partial charge in [0.2, 0.25) is 0 Å². The standard InChI is InChI=1S/C17H25ClN4O2/c1-21-12-14(18)11-15(21)13-22(2)17(20-8-10-23-3)19-7-6-16-5-4-9-24-16/h4-5,9,11-12H,6-8,10,13H2,1-3H3,(H,19,20). The lowest BCUT2D eigenvalue weighted by molar-refractivity contribution is 0.207. The minimum absolute atomic E-state index is 0.590. The van der Waals surface area contributed by atoms with Crippen LogP contribution in [0.5, 0.6) is 0 Å². The Morgan fingerprint density at radius 3 is 2.96 bits per heavy atom. The molecule has 0 fully saturated rings. The molecule has 0 unspecified atom stereocenters. The number of rotatable bonds is 8. The smallest absolute Gasteiger partial charge is 0.194 e. The number of aryl methyl sites for hydroxylation is 1. The molecule has 0 saturated heterocycles. The Bertz CT molecular complexity index is 637. The number of aromatic nitrogens is 1. The van der Waals surface area contributed by atoms with Gasteiger partial charge >= 0.3 is 0 Å². The van der Waals surface area contributed by atoms with E-state index in [9.17, 15) is 0 Å². The van der Waals surface area contributed by atoms with Gasteiger partial charge < -0.3 is 23.9 Å². The molecule has 0 spiro atoms. The predicted molar refractivity (Wildman–Crippen MR) is 96.5 cm³/mol. The molecule has 132 valence electrons. The van der Waals surface area contributed by atoms with E-state index >= 15 is 0 Å². The maximum Gasteiger partial charge on any atom is 0.194 e. The van der Waals surface area contributed by atoms with Crippen molar-refractivity contribution >= 4 is 17.6 Å². The maximum atomic E-state index is 6.06. The molecule has 6 nitrogen and oxygen atoms in total. The van der Waals surface area contributed by atoms with E-state index in [1.807, 2.05) is 43.1 Å². The number of ether oxygens (including phenoxy) is 1. The van der Waals surface area contributed by atoms with Gasteiger partial charge in [0, 0.05) is 46.1 Å². The summed E-state index contributed by atoms with van der Waals surface area (Å²) in [4.78, 5) is 6.67. The Hall–Kier alpha value is -1.92. The fraction of sp³-hybridized carbons (Fsp3) is 0.471. The molecule has 2 aromatic rings. The number of methoxy groups -OCH3 is 1. The molecular formula is C17H25ClN4O2. The van der Waals surface area contributed by atoms with Crippen LogP contribution in [0, 0.1) is 0 Å².